The van der Waals surface area contributed by atoms with Crippen LogP contribution in [0, 0.1) is 5.95 Å². The van der Waals surface area contributed by atoms with Crippen LogP contribution in [-0.2, 0) is 12.7 Å². The molecule has 1 aliphatic rings. The summed E-state index contributed by atoms with van der Waals surface area (Å²) in [7, 11) is 1.48. The van der Waals surface area contributed by atoms with Crippen molar-refractivity contribution >= 4 is 23.3 Å². The lowest BCUT2D eigenvalue weighted by Crippen LogP contribution is -2.47. The summed E-state index contributed by atoms with van der Waals surface area (Å²) in [6, 6.07) is 4.89. The van der Waals surface area contributed by atoms with Crippen LogP contribution in [0.25, 0.3) is 0 Å². The maximum absolute atomic E-state index is 13.0. The molecule has 0 spiro atoms. The number of aliphatic hydroxyl groups excluding tert-OH is 1. The Balaban J connectivity index is 1.69. The third-order valence-electron chi connectivity index (χ3n) is 4.67. The van der Waals surface area contributed by atoms with Gasteiger partial charge in [-0.2, -0.15) is 17.6 Å². The number of halogens is 5. The number of aromatic nitrogens is 1. The average Bonchev–Trinajstić information content (AvgIpc) is 2.96. The van der Waals surface area contributed by atoms with Gasteiger partial charge in [-0.05, 0) is 23.8 Å². The highest BCUT2D eigenvalue weighted by Crippen LogP contribution is 2.36. The molecule has 2 amide bonds. The number of nitrogens with one attached hydrogen (secondary N) is 1. The Labute approximate surface area is 168 Å². The summed E-state index contributed by atoms with van der Waals surface area (Å²) in [6.07, 6.45) is -4.63. The van der Waals surface area contributed by atoms with E-state index in [9.17, 15) is 27.5 Å². The molecule has 0 saturated carbocycles. The largest absolute Gasteiger partial charge is 0.417 e. The van der Waals surface area contributed by atoms with E-state index in [1.165, 1.54) is 41.2 Å². The lowest BCUT2D eigenvalue weighted by atomic mass is 10.1. The number of likely N-dealkylation sites (N-methyl/N-ethyl adjacent to an activating group) is 1. The van der Waals surface area contributed by atoms with Gasteiger partial charge in [-0.25, -0.2) is 9.78 Å². The highest BCUT2D eigenvalue weighted by Gasteiger charge is 2.40. The lowest BCUT2D eigenvalue weighted by molar-refractivity contribution is -0.137. The van der Waals surface area contributed by atoms with Crippen LogP contribution in [0.5, 0.6) is 0 Å². The number of pyridine rings is 1. The van der Waals surface area contributed by atoms with Crippen LogP contribution in [-0.4, -0.2) is 46.9 Å². The number of amides is 2. The van der Waals surface area contributed by atoms with Crippen LogP contribution >= 0.6 is 11.6 Å². The summed E-state index contributed by atoms with van der Waals surface area (Å²) in [5, 5.41) is 12.7. The smallest absolute Gasteiger partial charge is 0.376 e. The highest BCUT2D eigenvalue weighted by molar-refractivity contribution is 6.32. The van der Waals surface area contributed by atoms with E-state index in [1.807, 2.05) is 0 Å². The quantitative estimate of drug-likeness (QED) is 0.432. The number of aliphatic hydroxyl groups is 1. The van der Waals surface area contributed by atoms with Crippen molar-refractivity contribution in [1.29, 1.82) is 0 Å². The van der Waals surface area contributed by atoms with Crippen LogP contribution in [0.4, 0.5) is 28.0 Å². The topological polar surface area (TPSA) is 68.7 Å². The van der Waals surface area contributed by atoms with Crippen molar-refractivity contribution < 1.29 is 27.5 Å². The monoisotopic (exact) mass is 432 g/mol. The van der Waals surface area contributed by atoms with Gasteiger partial charge in [0, 0.05) is 13.6 Å². The molecule has 6 nitrogen and oxygen atoms in total. The zero-order valence-electron chi connectivity index (χ0n) is 15.1. The van der Waals surface area contributed by atoms with Crippen LogP contribution in [0.2, 0.25) is 5.02 Å². The van der Waals surface area contributed by atoms with Gasteiger partial charge in [0.1, 0.15) is 6.23 Å². The van der Waals surface area contributed by atoms with Crippen LogP contribution in [0.1, 0.15) is 11.1 Å². The Hall–Kier alpha value is -2.43. The Morgan fingerprint density at radius 1 is 1.34 bits per heavy atom. The molecular formula is C18H17ClF4N4O2. The van der Waals surface area contributed by atoms with E-state index in [1.54, 1.807) is 0 Å². The summed E-state index contributed by atoms with van der Waals surface area (Å²) in [4.78, 5) is 18.5. The fraction of sp³-hybridized carbons (Fsp3) is 0.333. The van der Waals surface area contributed by atoms with Crippen molar-refractivity contribution in [2.24, 2.45) is 0 Å². The molecule has 1 saturated heterocycles. The number of anilines is 1. The van der Waals surface area contributed by atoms with Gasteiger partial charge in [0.15, 0.2) is 0 Å². The van der Waals surface area contributed by atoms with E-state index in [0.717, 1.165) is 12.1 Å². The maximum atomic E-state index is 13.0. The van der Waals surface area contributed by atoms with E-state index in [2.05, 4.69) is 10.3 Å². The van der Waals surface area contributed by atoms with E-state index in [4.69, 9.17) is 11.6 Å². The molecule has 1 aromatic heterocycles. The second-order valence-corrected chi connectivity index (χ2v) is 6.89. The fourth-order valence-electron chi connectivity index (χ4n) is 3.06. The number of benzene rings is 1. The number of rotatable bonds is 5. The Kier molecular flexibility index (Phi) is 5.97. The Morgan fingerprint density at radius 2 is 2.07 bits per heavy atom. The molecular weight excluding hydrogens is 416 g/mol. The molecule has 29 heavy (non-hydrogen) atoms. The van der Waals surface area contributed by atoms with Gasteiger partial charge in [-0.15, -0.1) is 0 Å². The lowest BCUT2D eigenvalue weighted by Gasteiger charge is -2.24. The van der Waals surface area contributed by atoms with E-state index < -0.39 is 41.0 Å². The number of alkyl halides is 3. The van der Waals surface area contributed by atoms with Gasteiger partial charge in [-0.3, -0.25) is 10.2 Å². The SMILES string of the molecule is CN1C(=O)N(c2ccc(F)nc2)CC1C(O)NCc1cccc(C(F)(F)F)c1Cl. The zero-order valence-corrected chi connectivity index (χ0v) is 15.9. The molecule has 0 radical (unpaired) electrons. The highest BCUT2D eigenvalue weighted by atomic mass is 35.5. The van der Waals surface area contributed by atoms with E-state index in [0.29, 0.717) is 5.69 Å². The van der Waals surface area contributed by atoms with Crippen molar-refractivity contribution in [3.05, 3.63) is 58.6 Å². The summed E-state index contributed by atoms with van der Waals surface area (Å²) in [5.41, 5.74) is -0.443. The first-order valence-corrected chi connectivity index (χ1v) is 8.89. The minimum absolute atomic E-state index is 0.0765. The third-order valence-corrected chi connectivity index (χ3v) is 5.12. The van der Waals surface area contributed by atoms with Gasteiger partial charge < -0.3 is 10.0 Å². The average molecular weight is 433 g/mol. The van der Waals surface area contributed by atoms with Gasteiger partial charge in [0.25, 0.3) is 0 Å². The minimum Gasteiger partial charge on any atom is -0.376 e. The Bertz CT molecular complexity index is 894. The van der Waals surface area contributed by atoms with Crippen molar-refractivity contribution in [3.8, 4) is 0 Å². The van der Waals surface area contributed by atoms with Crippen LogP contribution in [0.3, 0.4) is 0 Å². The molecule has 2 aromatic rings. The predicted octanol–water partition coefficient (Wildman–Crippen LogP) is 3.24. The molecule has 3 rings (SSSR count). The first-order valence-electron chi connectivity index (χ1n) is 8.51. The third kappa shape index (κ3) is 4.44. The number of carbonyl (C=O) groups excluding carboxylic acids is 1. The van der Waals surface area contributed by atoms with Crippen LogP contribution in [0.15, 0.2) is 36.5 Å². The van der Waals surface area contributed by atoms with E-state index in [-0.39, 0.29) is 18.7 Å². The summed E-state index contributed by atoms with van der Waals surface area (Å²) in [5.74, 6) is -0.690. The second-order valence-electron chi connectivity index (χ2n) is 6.51. The minimum atomic E-state index is -4.59. The first-order chi connectivity index (χ1) is 13.6. The number of urea groups is 1. The molecule has 2 heterocycles. The molecule has 1 aromatic carbocycles. The number of hydrogen-bond donors (Lipinski definition) is 2. The molecule has 156 valence electrons. The summed E-state index contributed by atoms with van der Waals surface area (Å²) < 4.78 is 51.9. The van der Waals surface area contributed by atoms with Gasteiger partial charge in [0.05, 0.1) is 35.1 Å². The second kappa shape index (κ2) is 8.13. The van der Waals surface area contributed by atoms with Crippen molar-refractivity contribution in [2.45, 2.75) is 25.0 Å². The molecule has 2 N–H and O–H groups in total. The van der Waals surface area contributed by atoms with Gasteiger partial charge >= 0.3 is 12.2 Å². The number of hydrogen-bond acceptors (Lipinski definition) is 4. The maximum Gasteiger partial charge on any atom is 0.417 e. The van der Waals surface area contributed by atoms with E-state index >= 15 is 0 Å². The molecule has 2 atom stereocenters. The van der Waals surface area contributed by atoms with Crippen molar-refractivity contribution in [1.82, 2.24) is 15.2 Å². The Morgan fingerprint density at radius 3 is 2.69 bits per heavy atom. The summed E-state index contributed by atoms with van der Waals surface area (Å²) >= 11 is 5.85. The number of nitrogens with zero attached hydrogens (tertiary/aromatic N) is 3. The molecule has 1 aliphatic heterocycles. The van der Waals surface area contributed by atoms with Gasteiger partial charge in [-0.1, -0.05) is 23.7 Å². The molecule has 11 heteroatoms. The molecule has 1 fully saturated rings. The van der Waals surface area contributed by atoms with Crippen molar-refractivity contribution in [3.63, 3.8) is 0 Å². The van der Waals surface area contributed by atoms with Crippen molar-refractivity contribution in [2.75, 3.05) is 18.5 Å². The molecule has 0 bridgehead atoms. The molecule has 0 aliphatic carbocycles. The van der Waals surface area contributed by atoms with Gasteiger partial charge in [0.2, 0.25) is 5.95 Å². The number of carbonyl (C=O) groups is 1. The first kappa shape index (κ1) is 21.3. The fourth-order valence-corrected chi connectivity index (χ4v) is 3.36. The molecule has 2 unspecified atom stereocenters. The van der Waals surface area contributed by atoms with Crippen LogP contribution < -0.4 is 10.2 Å². The predicted molar refractivity (Wildman–Crippen MR) is 97.8 cm³/mol. The zero-order chi connectivity index (χ0) is 21.3. The summed E-state index contributed by atoms with van der Waals surface area (Å²) in [6.45, 7) is -0.0618. The normalized spacial score (nSPS) is 18.4. The standard InChI is InChI=1S/C18H17ClF4N4O2/c1-26-13(9-27(17(26)29)11-5-6-14(20)24-8-11)16(28)25-7-10-3-2-4-12(15(10)19)18(21,22)23/h2-6,8,13,16,25,28H,7,9H2,1H3.